The zero-order valence-electron chi connectivity index (χ0n) is 16.2. The van der Waals surface area contributed by atoms with E-state index in [9.17, 15) is 18.4 Å². The second-order valence-electron chi connectivity index (χ2n) is 8.57. The summed E-state index contributed by atoms with van der Waals surface area (Å²) >= 11 is 0. The molecule has 1 aromatic heterocycles. The monoisotopic (exact) mass is 402 g/mol. The number of fused-ring (bicyclic) bond motifs is 1. The third-order valence-electron chi connectivity index (χ3n) is 6.64. The molecule has 0 radical (unpaired) electrons. The van der Waals surface area contributed by atoms with Gasteiger partial charge in [0, 0.05) is 31.0 Å². The highest BCUT2D eigenvalue weighted by Gasteiger charge is 2.47. The van der Waals surface area contributed by atoms with Gasteiger partial charge in [0.15, 0.2) is 0 Å². The van der Waals surface area contributed by atoms with E-state index >= 15 is 0 Å². The molecule has 0 bridgehead atoms. The molecule has 2 fully saturated rings. The Bertz CT molecular complexity index is 1020. The van der Waals surface area contributed by atoms with Crippen LogP contribution in [-0.2, 0) is 23.2 Å². The molecule has 6 nitrogen and oxygen atoms in total. The quantitative estimate of drug-likeness (QED) is 0.790. The summed E-state index contributed by atoms with van der Waals surface area (Å²) in [6.07, 6.45) is 5.57. The van der Waals surface area contributed by atoms with Gasteiger partial charge in [0.25, 0.3) is 0 Å². The van der Waals surface area contributed by atoms with Crippen LogP contribution in [0.15, 0.2) is 23.0 Å². The van der Waals surface area contributed by atoms with Crippen LogP contribution in [0.3, 0.4) is 0 Å². The molecular weight excluding hydrogens is 378 g/mol. The average Bonchev–Trinajstić information content (AvgIpc) is 3.12. The maximum atomic E-state index is 14.4. The largest absolute Gasteiger partial charge is 0.346 e. The first-order valence-electron chi connectivity index (χ1n) is 10.4. The predicted molar refractivity (Wildman–Crippen MR) is 102 cm³/mol. The van der Waals surface area contributed by atoms with Crippen LogP contribution in [0.1, 0.15) is 56.0 Å². The first kappa shape index (κ1) is 18.5. The number of aromatic nitrogens is 3. The molecular formula is C21H24F2N4O2. The molecule has 1 saturated carbocycles. The number of carbonyl (C=O) groups is 1. The molecule has 29 heavy (non-hydrogen) atoms. The Balaban J connectivity index is 1.46. The number of aryl methyl sites for hydroxylation is 1. The van der Waals surface area contributed by atoms with Crippen molar-refractivity contribution in [3.8, 4) is 0 Å². The highest BCUT2D eigenvalue weighted by Crippen LogP contribution is 2.50. The summed E-state index contributed by atoms with van der Waals surface area (Å²) in [5.74, 6) is -0.550. The molecule has 3 aliphatic rings. The van der Waals surface area contributed by atoms with Gasteiger partial charge in [-0.1, -0.05) is 6.07 Å². The SMILES string of the molecule is O=C([C@@H]1CCCc2nn(CC3(c4ccc(F)cc4F)CC3)c(=O)n21)N1CCCC1. The van der Waals surface area contributed by atoms with Crippen molar-refractivity contribution in [2.75, 3.05) is 13.1 Å². The van der Waals surface area contributed by atoms with Crippen LogP contribution in [0, 0.1) is 11.6 Å². The molecule has 1 aliphatic carbocycles. The summed E-state index contributed by atoms with van der Waals surface area (Å²) in [6.45, 7) is 1.75. The first-order valence-corrected chi connectivity index (χ1v) is 10.4. The average molecular weight is 402 g/mol. The molecule has 8 heteroatoms. The van der Waals surface area contributed by atoms with Crippen molar-refractivity contribution in [2.24, 2.45) is 0 Å². The molecule has 2 aliphatic heterocycles. The van der Waals surface area contributed by atoms with Crippen molar-refractivity contribution in [2.45, 2.75) is 62.9 Å². The minimum absolute atomic E-state index is 0.0100. The van der Waals surface area contributed by atoms with Gasteiger partial charge >= 0.3 is 5.69 Å². The molecule has 0 unspecified atom stereocenters. The molecule has 0 spiro atoms. The number of carbonyl (C=O) groups excluding carboxylic acids is 1. The van der Waals surface area contributed by atoms with Crippen LogP contribution in [0.5, 0.6) is 0 Å². The van der Waals surface area contributed by atoms with Gasteiger partial charge in [0.1, 0.15) is 23.5 Å². The van der Waals surface area contributed by atoms with Crippen LogP contribution >= 0.6 is 0 Å². The van der Waals surface area contributed by atoms with Gasteiger partial charge in [0.2, 0.25) is 5.91 Å². The number of hydrogen-bond acceptors (Lipinski definition) is 3. The van der Waals surface area contributed by atoms with Crippen molar-refractivity contribution in [3.63, 3.8) is 0 Å². The number of likely N-dealkylation sites (tertiary alicyclic amines) is 1. The zero-order chi connectivity index (χ0) is 20.2. The standard InChI is InChI=1S/C21H24F2N4O2/c22-14-6-7-15(16(23)12-14)21(8-9-21)13-26-20(29)27-17(4-3-5-18(27)24-26)19(28)25-10-1-2-11-25/h6-7,12,17H,1-5,8-11,13H2/t17-/m0/s1. The molecule has 154 valence electrons. The minimum atomic E-state index is -0.611. The van der Waals surface area contributed by atoms with Crippen LogP contribution in [-0.4, -0.2) is 38.2 Å². The van der Waals surface area contributed by atoms with Gasteiger partial charge in [-0.25, -0.2) is 18.3 Å². The first-order chi connectivity index (χ1) is 14.0. The highest BCUT2D eigenvalue weighted by atomic mass is 19.1. The van der Waals surface area contributed by atoms with Crippen molar-refractivity contribution in [1.82, 2.24) is 19.2 Å². The van der Waals surface area contributed by atoms with E-state index < -0.39 is 23.1 Å². The maximum absolute atomic E-state index is 14.4. The summed E-state index contributed by atoms with van der Waals surface area (Å²) in [6, 6.07) is 3.12. The molecule has 1 saturated heterocycles. The van der Waals surface area contributed by atoms with Gasteiger partial charge in [0.05, 0.1) is 6.54 Å². The van der Waals surface area contributed by atoms with E-state index in [1.165, 1.54) is 16.8 Å². The second-order valence-corrected chi connectivity index (χ2v) is 8.57. The summed E-state index contributed by atoms with van der Waals surface area (Å²) < 4.78 is 30.6. The van der Waals surface area contributed by atoms with Crippen molar-refractivity contribution in [1.29, 1.82) is 0 Å². The molecule has 1 amide bonds. The highest BCUT2D eigenvalue weighted by molar-refractivity contribution is 5.80. The van der Waals surface area contributed by atoms with E-state index in [-0.39, 0.29) is 18.1 Å². The zero-order valence-corrected chi connectivity index (χ0v) is 16.2. The Labute approximate surface area is 167 Å². The van der Waals surface area contributed by atoms with Gasteiger partial charge in [-0.3, -0.25) is 9.36 Å². The van der Waals surface area contributed by atoms with Gasteiger partial charge < -0.3 is 4.90 Å². The van der Waals surface area contributed by atoms with E-state index in [1.54, 1.807) is 4.57 Å². The lowest BCUT2D eigenvalue weighted by atomic mass is 9.95. The van der Waals surface area contributed by atoms with E-state index in [4.69, 9.17) is 0 Å². The lowest BCUT2D eigenvalue weighted by Crippen LogP contribution is -2.41. The Kier molecular flexibility index (Phi) is 4.33. The maximum Gasteiger partial charge on any atom is 0.346 e. The fourth-order valence-corrected chi connectivity index (χ4v) is 4.89. The van der Waals surface area contributed by atoms with Gasteiger partial charge in [-0.15, -0.1) is 0 Å². The van der Waals surface area contributed by atoms with E-state index in [0.717, 1.165) is 51.3 Å². The number of benzene rings is 1. The number of amides is 1. The van der Waals surface area contributed by atoms with Crippen LogP contribution < -0.4 is 5.69 Å². The number of halogens is 2. The third kappa shape index (κ3) is 3.09. The number of rotatable bonds is 4. The van der Waals surface area contributed by atoms with Crippen molar-refractivity contribution >= 4 is 5.91 Å². The van der Waals surface area contributed by atoms with Crippen LogP contribution in [0.2, 0.25) is 0 Å². The molecule has 5 rings (SSSR count). The molecule has 2 aromatic rings. The fourth-order valence-electron chi connectivity index (χ4n) is 4.89. The Morgan fingerprint density at radius 2 is 1.93 bits per heavy atom. The Morgan fingerprint density at radius 1 is 1.17 bits per heavy atom. The Morgan fingerprint density at radius 3 is 2.62 bits per heavy atom. The summed E-state index contributed by atoms with van der Waals surface area (Å²) in [7, 11) is 0. The number of hydrogen-bond donors (Lipinski definition) is 0. The molecule has 1 aromatic carbocycles. The summed E-state index contributed by atoms with van der Waals surface area (Å²) in [5, 5.41) is 4.51. The fraction of sp³-hybridized carbons (Fsp3) is 0.571. The molecule has 1 atom stereocenters. The summed E-state index contributed by atoms with van der Waals surface area (Å²) in [4.78, 5) is 28.0. The van der Waals surface area contributed by atoms with E-state index in [2.05, 4.69) is 5.10 Å². The van der Waals surface area contributed by atoms with Gasteiger partial charge in [-0.05, 0) is 50.2 Å². The topological polar surface area (TPSA) is 60.1 Å². The normalized spacial score (nSPS) is 22.6. The van der Waals surface area contributed by atoms with Crippen molar-refractivity contribution in [3.05, 3.63) is 51.7 Å². The smallest absolute Gasteiger partial charge is 0.341 e. The number of nitrogens with zero attached hydrogens (tertiary/aromatic N) is 4. The molecule has 0 N–H and O–H groups in total. The third-order valence-corrected chi connectivity index (χ3v) is 6.64. The van der Waals surface area contributed by atoms with E-state index in [1.807, 2.05) is 4.90 Å². The van der Waals surface area contributed by atoms with Crippen molar-refractivity contribution < 1.29 is 13.6 Å². The van der Waals surface area contributed by atoms with E-state index in [0.29, 0.717) is 24.2 Å². The second kappa shape index (κ2) is 6.78. The molecule has 3 heterocycles. The Hall–Kier alpha value is -2.51. The van der Waals surface area contributed by atoms with Crippen LogP contribution in [0.25, 0.3) is 0 Å². The minimum Gasteiger partial charge on any atom is -0.341 e. The van der Waals surface area contributed by atoms with Crippen LogP contribution in [0.4, 0.5) is 8.78 Å². The lowest BCUT2D eigenvalue weighted by Gasteiger charge is -2.27. The van der Waals surface area contributed by atoms with Gasteiger partial charge in [-0.2, -0.15) is 5.10 Å². The lowest BCUT2D eigenvalue weighted by molar-refractivity contribution is -0.134. The summed E-state index contributed by atoms with van der Waals surface area (Å²) in [5.41, 5.74) is -0.395. The predicted octanol–water partition coefficient (Wildman–Crippen LogP) is 2.55.